The van der Waals surface area contributed by atoms with E-state index in [2.05, 4.69) is 38.3 Å². The minimum absolute atomic E-state index is 0.251. The van der Waals surface area contributed by atoms with Crippen LogP contribution in [0.25, 0.3) is 5.65 Å². The van der Waals surface area contributed by atoms with Gasteiger partial charge in [0.05, 0.1) is 12.6 Å². The highest BCUT2D eigenvalue weighted by molar-refractivity contribution is 9.10. The van der Waals surface area contributed by atoms with Crippen LogP contribution < -0.4 is 5.32 Å². The Labute approximate surface area is 115 Å². The molecule has 6 heteroatoms. The average molecular weight is 313 g/mol. The van der Waals surface area contributed by atoms with E-state index in [4.69, 9.17) is 4.74 Å². The summed E-state index contributed by atoms with van der Waals surface area (Å²) in [5.41, 5.74) is 0.827. The first-order valence-corrected chi connectivity index (χ1v) is 6.79. The van der Waals surface area contributed by atoms with Crippen LogP contribution in [-0.4, -0.2) is 34.4 Å². The Balaban J connectivity index is 2.14. The van der Waals surface area contributed by atoms with Gasteiger partial charge >= 0.3 is 0 Å². The molecule has 1 unspecified atom stereocenters. The molecule has 5 nitrogen and oxygen atoms in total. The summed E-state index contributed by atoms with van der Waals surface area (Å²) >= 11 is 3.41. The van der Waals surface area contributed by atoms with Crippen molar-refractivity contribution >= 4 is 27.5 Å². The van der Waals surface area contributed by atoms with Gasteiger partial charge in [-0.3, -0.25) is 0 Å². The number of methoxy groups -OCH3 is 1. The number of aromatic nitrogens is 3. The number of hydrogen-bond acceptors (Lipinski definition) is 4. The van der Waals surface area contributed by atoms with Gasteiger partial charge in [-0.2, -0.15) is 4.98 Å². The molecule has 0 spiro atoms. The summed E-state index contributed by atoms with van der Waals surface area (Å²) in [4.78, 5) is 4.42. The van der Waals surface area contributed by atoms with E-state index in [9.17, 15) is 0 Å². The van der Waals surface area contributed by atoms with Crippen molar-refractivity contribution in [1.29, 1.82) is 0 Å². The second-order valence-electron chi connectivity index (χ2n) is 4.17. The van der Waals surface area contributed by atoms with Gasteiger partial charge in [0.25, 0.3) is 0 Å². The zero-order valence-corrected chi connectivity index (χ0v) is 12.1. The van der Waals surface area contributed by atoms with Gasteiger partial charge in [-0.1, -0.05) is 13.3 Å². The van der Waals surface area contributed by atoms with E-state index in [0.29, 0.717) is 12.6 Å². The van der Waals surface area contributed by atoms with Crippen LogP contribution in [0.15, 0.2) is 22.8 Å². The largest absolute Gasteiger partial charge is 0.383 e. The van der Waals surface area contributed by atoms with E-state index in [-0.39, 0.29) is 6.04 Å². The first-order valence-electron chi connectivity index (χ1n) is 6.00. The van der Waals surface area contributed by atoms with Gasteiger partial charge in [-0.15, -0.1) is 5.10 Å². The lowest BCUT2D eigenvalue weighted by Crippen LogP contribution is -2.25. The van der Waals surface area contributed by atoms with Crippen LogP contribution in [0.4, 0.5) is 5.95 Å². The molecule has 18 heavy (non-hydrogen) atoms. The number of halogens is 1. The van der Waals surface area contributed by atoms with Crippen LogP contribution in [0, 0.1) is 0 Å². The minimum atomic E-state index is 0.251. The molecule has 0 aliphatic heterocycles. The van der Waals surface area contributed by atoms with Crippen LogP contribution >= 0.6 is 15.9 Å². The highest BCUT2D eigenvalue weighted by Gasteiger charge is 2.10. The van der Waals surface area contributed by atoms with Crippen molar-refractivity contribution in [3.05, 3.63) is 22.8 Å². The number of rotatable bonds is 6. The lowest BCUT2D eigenvalue weighted by molar-refractivity contribution is 0.182. The lowest BCUT2D eigenvalue weighted by Gasteiger charge is -2.15. The SMILES string of the molecule is CCCC(COC)Nc1nc2ccc(Br)cn2n1. The van der Waals surface area contributed by atoms with Crippen LogP contribution in [-0.2, 0) is 4.74 Å². The van der Waals surface area contributed by atoms with Crippen LogP contribution in [0.3, 0.4) is 0 Å². The summed E-state index contributed by atoms with van der Waals surface area (Å²) in [5, 5.41) is 7.69. The number of hydrogen-bond donors (Lipinski definition) is 1. The maximum Gasteiger partial charge on any atom is 0.243 e. The molecule has 0 fully saturated rings. The first-order chi connectivity index (χ1) is 8.72. The zero-order valence-electron chi connectivity index (χ0n) is 10.6. The summed E-state index contributed by atoms with van der Waals surface area (Å²) in [7, 11) is 1.71. The number of nitrogens with one attached hydrogen (secondary N) is 1. The van der Waals surface area contributed by atoms with Crippen molar-refractivity contribution in [3.63, 3.8) is 0 Å². The highest BCUT2D eigenvalue weighted by Crippen LogP contribution is 2.13. The number of fused-ring (bicyclic) bond motifs is 1. The molecule has 1 atom stereocenters. The molecule has 0 amide bonds. The van der Waals surface area contributed by atoms with Gasteiger partial charge in [-0.25, -0.2) is 4.52 Å². The predicted molar refractivity (Wildman–Crippen MR) is 74.9 cm³/mol. The van der Waals surface area contributed by atoms with Crippen molar-refractivity contribution in [2.24, 2.45) is 0 Å². The third-order valence-electron chi connectivity index (χ3n) is 2.63. The second kappa shape index (κ2) is 6.15. The van der Waals surface area contributed by atoms with E-state index in [1.807, 2.05) is 18.3 Å². The Morgan fingerprint density at radius 1 is 1.50 bits per heavy atom. The molecule has 2 rings (SSSR count). The fourth-order valence-corrected chi connectivity index (χ4v) is 2.17. The Kier molecular flexibility index (Phi) is 4.54. The van der Waals surface area contributed by atoms with E-state index in [1.54, 1.807) is 11.6 Å². The number of anilines is 1. The third-order valence-corrected chi connectivity index (χ3v) is 3.10. The number of nitrogens with zero attached hydrogens (tertiary/aromatic N) is 3. The van der Waals surface area contributed by atoms with Crippen LogP contribution in [0.1, 0.15) is 19.8 Å². The normalized spacial score (nSPS) is 12.8. The monoisotopic (exact) mass is 312 g/mol. The summed E-state index contributed by atoms with van der Waals surface area (Å²) in [6.45, 7) is 2.81. The zero-order chi connectivity index (χ0) is 13.0. The quantitative estimate of drug-likeness (QED) is 0.891. The molecule has 98 valence electrons. The highest BCUT2D eigenvalue weighted by atomic mass is 79.9. The summed E-state index contributed by atoms with van der Waals surface area (Å²) < 4.78 is 7.92. The van der Waals surface area contributed by atoms with Crippen LogP contribution in [0.2, 0.25) is 0 Å². The van der Waals surface area contributed by atoms with Gasteiger partial charge in [0.15, 0.2) is 5.65 Å². The van der Waals surface area contributed by atoms with Gasteiger partial charge in [0.2, 0.25) is 5.95 Å². The molecular weight excluding hydrogens is 296 g/mol. The molecule has 0 bridgehead atoms. The molecule has 0 aliphatic rings. The summed E-state index contributed by atoms with van der Waals surface area (Å²) in [6.07, 6.45) is 4.02. The Hall–Kier alpha value is -1.14. The molecule has 1 N–H and O–H groups in total. The standard InChI is InChI=1S/C12H17BrN4O/c1-3-4-10(8-18-2)14-12-15-11-6-5-9(13)7-17(11)16-12/h5-7,10H,3-4,8H2,1-2H3,(H,14,16). The maximum atomic E-state index is 5.19. The van der Waals surface area contributed by atoms with E-state index in [1.165, 1.54) is 0 Å². The minimum Gasteiger partial charge on any atom is -0.383 e. The van der Waals surface area contributed by atoms with Crippen molar-refractivity contribution in [2.45, 2.75) is 25.8 Å². The lowest BCUT2D eigenvalue weighted by atomic mass is 10.2. The number of pyridine rings is 1. The van der Waals surface area contributed by atoms with Crippen molar-refractivity contribution in [3.8, 4) is 0 Å². The van der Waals surface area contributed by atoms with Gasteiger partial charge in [0, 0.05) is 17.8 Å². The maximum absolute atomic E-state index is 5.19. The Morgan fingerprint density at radius 2 is 2.33 bits per heavy atom. The summed E-state index contributed by atoms with van der Waals surface area (Å²) in [6, 6.07) is 4.13. The molecule has 0 saturated heterocycles. The molecule has 0 radical (unpaired) electrons. The fourth-order valence-electron chi connectivity index (χ4n) is 1.85. The van der Waals surface area contributed by atoms with Crippen LogP contribution in [0.5, 0.6) is 0 Å². The Bertz CT molecular complexity index is 508. The molecule has 0 aromatic carbocycles. The van der Waals surface area contributed by atoms with Crippen molar-refractivity contribution in [1.82, 2.24) is 14.6 Å². The first kappa shape index (κ1) is 13.3. The van der Waals surface area contributed by atoms with E-state index >= 15 is 0 Å². The van der Waals surface area contributed by atoms with Gasteiger partial charge in [-0.05, 0) is 34.5 Å². The van der Waals surface area contributed by atoms with Crippen molar-refractivity contribution in [2.75, 3.05) is 19.0 Å². The molecule has 0 saturated carbocycles. The number of ether oxygens (including phenoxy) is 1. The molecule has 2 aromatic rings. The fraction of sp³-hybridized carbons (Fsp3) is 0.500. The molecule has 0 aliphatic carbocycles. The second-order valence-corrected chi connectivity index (χ2v) is 5.09. The molecule has 2 aromatic heterocycles. The summed E-state index contributed by atoms with van der Waals surface area (Å²) in [5.74, 6) is 0.642. The predicted octanol–water partition coefficient (Wildman–Crippen LogP) is 2.72. The van der Waals surface area contributed by atoms with Gasteiger partial charge < -0.3 is 10.1 Å². The van der Waals surface area contributed by atoms with Gasteiger partial charge in [0.1, 0.15) is 0 Å². The Morgan fingerprint density at radius 3 is 3.06 bits per heavy atom. The van der Waals surface area contributed by atoms with E-state index < -0.39 is 0 Å². The topological polar surface area (TPSA) is 51.5 Å². The van der Waals surface area contributed by atoms with Crippen molar-refractivity contribution < 1.29 is 4.74 Å². The molecule has 2 heterocycles. The average Bonchev–Trinajstić information content (AvgIpc) is 2.71. The smallest absolute Gasteiger partial charge is 0.243 e. The molecular formula is C12H17BrN4O. The third kappa shape index (κ3) is 3.20. The van der Waals surface area contributed by atoms with E-state index in [0.717, 1.165) is 23.0 Å².